The van der Waals surface area contributed by atoms with E-state index in [0.29, 0.717) is 6.04 Å². The molecule has 0 spiro atoms. The van der Waals surface area contributed by atoms with E-state index in [4.69, 9.17) is 0 Å². The van der Waals surface area contributed by atoms with Crippen LogP contribution < -0.4 is 5.32 Å². The van der Waals surface area contributed by atoms with Crippen molar-refractivity contribution in [3.8, 4) is 0 Å². The Morgan fingerprint density at radius 2 is 2.17 bits per heavy atom. The fraction of sp³-hybridized carbons (Fsp3) is 0.273. The SMILES string of the molecule is Cc1ccccc1C1CC=CN1. The van der Waals surface area contributed by atoms with Crippen LogP contribution in [0.5, 0.6) is 0 Å². The topological polar surface area (TPSA) is 12.0 Å². The molecule has 1 unspecified atom stereocenters. The van der Waals surface area contributed by atoms with Crippen molar-refractivity contribution in [2.45, 2.75) is 19.4 Å². The van der Waals surface area contributed by atoms with Crippen molar-refractivity contribution < 1.29 is 0 Å². The third kappa shape index (κ3) is 1.22. The first-order valence-electron chi connectivity index (χ1n) is 4.34. The molecule has 1 heterocycles. The van der Waals surface area contributed by atoms with Gasteiger partial charge in [-0.05, 0) is 30.7 Å². The molecule has 0 bridgehead atoms. The molecule has 0 aliphatic carbocycles. The van der Waals surface area contributed by atoms with Gasteiger partial charge >= 0.3 is 0 Å². The van der Waals surface area contributed by atoms with Crippen molar-refractivity contribution in [1.82, 2.24) is 5.32 Å². The second kappa shape index (κ2) is 3.02. The first kappa shape index (κ1) is 7.41. The van der Waals surface area contributed by atoms with Crippen molar-refractivity contribution in [3.05, 3.63) is 47.7 Å². The van der Waals surface area contributed by atoms with E-state index in [9.17, 15) is 0 Å². The second-order valence-corrected chi connectivity index (χ2v) is 3.21. The van der Waals surface area contributed by atoms with E-state index in [2.05, 4.69) is 42.6 Å². The lowest BCUT2D eigenvalue weighted by Gasteiger charge is -2.13. The van der Waals surface area contributed by atoms with Gasteiger partial charge in [-0.3, -0.25) is 0 Å². The van der Waals surface area contributed by atoms with Gasteiger partial charge in [0, 0.05) is 0 Å². The Morgan fingerprint density at radius 1 is 1.33 bits per heavy atom. The molecule has 1 nitrogen and oxygen atoms in total. The van der Waals surface area contributed by atoms with Crippen LogP contribution in [0.2, 0.25) is 0 Å². The van der Waals surface area contributed by atoms with E-state index in [1.807, 2.05) is 6.20 Å². The summed E-state index contributed by atoms with van der Waals surface area (Å²) in [6.07, 6.45) is 5.33. The van der Waals surface area contributed by atoms with Crippen LogP contribution in [0, 0.1) is 6.92 Å². The molecule has 1 N–H and O–H groups in total. The number of aryl methyl sites for hydroxylation is 1. The molecule has 1 heteroatoms. The summed E-state index contributed by atoms with van der Waals surface area (Å²) in [6, 6.07) is 9.05. The monoisotopic (exact) mass is 159 g/mol. The van der Waals surface area contributed by atoms with Gasteiger partial charge < -0.3 is 5.32 Å². The van der Waals surface area contributed by atoms with Crippen molar-refractivity contribution in [1.29, 1.82) is 0 Å². The molecule has 0 saturated carbocycles. The van der Waals surface area contributed by atoms with E-state index in [-0.39, 0.29) is 0 Å². The third-order valence-electron chi connectivity index (χ3n) is 2.35. The summed E-state index contributed by atoms with van der Waals surface area (Å²) in [5.41, 5.74) is 2.79. The Bertz CT molecular complexity index is 294. The van der Waals surface area contributed by atoms with E-state index >= 15 is 0 Å². The van der Waals surface area contributed by atoms with Crippen molar-refractivity contribution >= 4 is 0 Å². The molecule has 62 valence electrons. The smallest absolute Gasteiger partial charge is 0.0545 e. The molecule has 0 amide bonds. The molecule has 12 heavy (non-hydrogen) atoms. The highest BCUT2D eigenvalue weighted by atomic mass is 14.9. The quantitative estimate of drug-likeness (QED) is 0.664. The molecule has 0 saturated heterocycles. The Labute approximate surface area is 73.1 Å². The van der Waals surface area contributed by atoms with Crippen LogP contribution in [0.4, 0.5) is 0 Å². The normalized spacial score (nSPS) is 20.9. The average molecular weight is 159 g/mol. The van der Waals surface area contributed by atoms with Crippen molar-refractivity contribution in [2.75, 3.05) is 0 Å². The molecule has 2 rings (SSSR count). The zero-order chi connectivity index (χ0) is 8.39. The summed E-state index contributed by atoms with van der Waals surface area (Å²) in [4.78, 5) is 0. The van der Waals surface area contributed by atoms with Gasteiger partial charge in [0.1, 0.15) is 0 Å². The number of benzene rings is 1. The number of hydrogen-bond donors (Lipinski definition) is 1. The summed E-state index contributed by atoms with van der Waals surface area (Å²) < 4.78 is 0. The fourth-order valence-electron chi connectivity index (χ4n) is 1.65. The summed E-state index contributed by atoms with van der Waals surface area (Å²) >= 11 is 0. The molecular formula is C11H13N. The van der Waals surface area contributed by atoms with Crippen LogP contribution in [0.1, 0.15) is 23.6 Å². The highest BCUT2D eigenvalue weighted by Crippen LogP contribution is 2.23. The zero-order valence-corrected chi connectivity index (χ0v) is 7.25. The maximum absolute atomic E-state index is 3.33. The van der Waals surface area contributed by atoms with Crippen molar-refractivity contribution in [3.63, 3.8) is 0 Å². The Morgan fingerprint density at radius 3 is 2.83 bits per heavy atom. The lowest BCUT2D eigenvalue weighted by atomic mass is 10.0. The van der Waals surface area contributed by atoms with Crippen LogP contribution in [0.15, 0.2) is 36.5 Å². The molecule has 0 aromatic heterocycles. The maximum Gasteiger partial charge on any atom is 0.0545 e. The van der Waals surface area contributed by atoms with Gasteiger partial charge in [0.2, 0.25) is 0 Å². The summed E-state index contributed by atoms with van der Waals surface area (Å²) in [5, 5.41) is 3.33. The molecule has 0 fully saturated rings. The summed E-state index contributed by atoms with van der Waals surface area (Å²) in [6.45, 7) is 2.16. The predicted octanol–water partition coefficient (Wildman–Crippen LogP) is 2.54. The minimum atomic E-state index is 0.506. The predicted molar refractivity (Wildman–Crippen MR) is 50.8 cm³/mol. The second-order valence-electron chi connectivity index (χ2n) is 3.21. The molecular weight excluding hydrogens is 146 g/mol. The van der Waals surface area contributed by atoms with Gasteiger partial charge in [0.05, 0.1) is 6.04 Å². The highest BCUT2D eigenvalue weighted by Gasteiger charge is 2.12. The largest absolute Gasteiger partial charge is 0.384 e. The fourth-order valence-corrected chi connectivity index (χ4v) is 1.65. The van der Waals surface area contributed by atoms with Gasteiger partial charge in [-0.2, -0.15) is 0 Å². The van der Waals surface area contributed by atoms with Gasteiger partial charge in [-0.15, -0.1) is 0 Å². The molecule has 0 radical (unpaired) electrons. The van der Waals surface area contributed by atoms with E-state index < -0.39 is 0 Å². The number of rotatable bonds is 1. The van der Waals surface area contributed by atoms with E-state index in [0.717, 1.165) is 6.42 Å². The lowest BCUT2D eigenvalue weighted by molar-refractivity contribution is 0.669. The van der Waals surface area contributed by atoms with Gasteiger partial charge in [-0.1, -0.05) is 30.3 Å². The van der Waals surface area contributed by atoms with Gasteiger partial charge in [-0.25, -0.2) is 0 Å². The average Bonchev–Trinajstić information content (AvgIpc) is 2.57. The lowest BCUT2D eigenvalue weighted by Crippen LogP contribution is -2.10. The highest BCUT2D eigenvalue weighted by molar-refractivity contribution is 5.30. The minimum Gasteiger partial charge on any atom is -0.384 e. The van der Waals surface area contributed by atoms with Gasteiger partial charge in [0.25, 0.3) is 0 Å². The zero-order valence-electron chi connectivity index (χ0n) is 7.25. The summed E-state index contributed by atoms with van der Waals surface area (Å²) in [7, 11) is 0. The van der Waals surface area contributed by atoms with Crippen LogP contribution in [-0.2, 0) is 0 Å². The third-order valence-corrected chi connectivity index (χ3v) is 2.35. The molecule has 1 aliphatic rings. The number of nitrogens with one attached hydrogen (secondary N) is 1. The van der Waals surface area contributed by atoms with E-state index in [1.54, 1.807) is 0 Å². The van der Waals surface area contributed by atoms with Crippen LogP contribution in [-0.4, -0.2) is 0 Å². The van der Waals surface area contributed by atoms with Crippen LogP contribution >= 0.6 is 0 Å². The standard InChI is InChI=1S/C11H13N/c1-9-5-2-3-6-10(9)11-7-4-8-12-11/h2-6,8,11-12H,7H2,1H3. The molecule has 1 aromatic carbocycles. The van der Waals surface area contributed by atoms with E-state index in [1.165, 1.54) is 11.1 Å². The first-order chi connectivity index (χ1) is 5.88. The molecule has 1 atom stereocenters. The Hall–Kier alpha value is -1.24. The van der Waals surface area contributed by atoms with Crippen LogP contribution in [0.3, 0.4) is 0 Å². The Kier molecular flexibility index (Phi) is 1.86. The first-order valence-corrected chi connectivity index (χ1v) is 4.34. The number of hydrogen-bond acceptors (Lipinski definition) is 1. The molecule has 1 aliphatic heterocycles. The van der Waals surface area contributed by atoms with Crippen molar-refractivity contribution in [2.24, 2.45) is 0 Å². The molecule has 1 aromatic rings. The maximum atomic E-state index is 3.33. The minimum absolute atomic E-state index is 0.506. The Balaban J connectivity index is 2.27. The van der Waals surface area contributed by atoms with Gasteiger partial charge in [0.15, 0.2) is 0 Å². The summed E-state index contributed by atoms with van der Waals surface area (Å²) in [5.74, 6) is 0. The van der Waals surface area contributed by atoms with Crippen LogP contribution in [0.25, 0.3) is 0 Å².